The molecule has 0 atom stereocenters. The van der Waals surface area contributed by atoms with E-state index in [-0.39, 0.29) is 0 Å². The maximum absolute atomic E-state index is 4.77. The molecule has 0 unspecified atom stereocenters. The van der Waals surface area contributed by atoms with Crippen LogP contribution in [0.5, 0.6) is 0 Å². The molecule has 3 aromatic carbocycles. The first-order valence-corrected chi connectivity index (χ1v) is 7.17. The SMILES string of the molecule is Cc1cc2nc3ccccc3cc2cc1-c1ccccc1. The Morgan fingerprint density at radius 2 is 1.43 bits per heavy atom. The summed E-state index contributed by atoms with van der Waals surface area (Å²) in [7, 11) is 0. The minimum atomic E-state index is 1.05. The molecular formula is C20H15N. The first-order valence-electron chi connectivity index (χ1n) is 7.17. The van der Waals surface area contributed by atoms with Crippen LogP contribution in [0.2, 0.25) is 0 Å². The predicted molar refractivity (Wildman–Crippen MR) is 89.4 cm³/mol. The lowest BCUT2D eigenvalue weighted by Gasteiger charge is -2.09. The van der Waals surface area contributed by atoms with E-state index >= 15 is 0 Å². The summed E-state index contributed by atoms with van der Waals surface area (Å²) in [6.45, 7) is 2.15. The third-order valence-corrected chi connectivity index (χ3v) is 3.95. The maximum atomic E-state index is 4.77. The molecule has 100 valence electrons. The van der Waals surface area contributed by atoms with Crippen LogP contribution >= 0.6 is 0 Å². The fourth-order valence-electron chi connectivity index (χ4n) is 2.86. The minimum Gasteiger partial charge on any atom is -0.248 e. The van der Waals surface area contributed by atoms with Crippen LogP contribution < -0.4 is 0 Å². The Bertz CT molecular complexity index is 940. The quantitative estimate of drug-likeness (QED) is 0.424. The van der Waals surface area contributed by atoms with Gasteiger partial charge < -0.3 is 0 Å². The number of pyridine rings is 1. The Hall–Kier alpha value is -2.67. The average molecular weight is 269 g/mol. The Labute approximate surface area is 123 Å². The summed E-state index contributed by atoms with van der Waals surface area (Å²) in [5, 5.41) is 2.38. The van der Waals surface area contributed by atoms with Gasteiger partial charge in [0.15, 0.2) is 0 Å². The molecular weight excluding hydrogens is 254 g/mol. The van der Waals surface area contributed by atoms with Crippen molar-refractivity contribution in [2.75, 3.05) is 0 Å². The van der Waals surface area contributed by atoms with E-state index < -0.39 is 0 Å². The van der Waals surface area contributed by atoms with Crippen LogP contribution in [0.15, 0.2) is 72.8 Å². The summed E-state index contributed by atoms with van der Waals surface area (Å²) in [6.07, 6.45) is 0. The lowest BCUT2D eigenvalue weighted by atomic mass is 9.97. The predicted octanol–water partition coefficient (Wildman–Crippen LogP) is 5.36. The fraction of sp³-hybridized carbons (Fsp3) is 0.0500. The molecule has 1 nitrogen and oxygen atoms in total. The van der Waals surface area contributed by atoms with E-state index in [9.17, 15) is 0 Å². The van der Waals surface area contributed by atoms with Crippen molar-refractivity contribution in [2.24, 2.45) is 0 Å². The molecule has 0 fully saturated rings. The van der Waals surface area contributed by atoms with Crippen LogP contribution in [-0.4, -0.2) is 4.98 Å². The highest BCUT2D eigenvalue weighted by molar-refractivity contribution is 5.95. The first-order chi connectivity index (χ1) is 10.3. The zero-order valence-corrected chi connectivity index (χ0v) is 11.9. The van der Waals surface area contributed by atoms with E-state index in [0.717, 1.165) is 11.0 Å². The number of para-hydroxylation sites is 1. The third-order valence-electron chi connectivity index (χ3n) is 3.95. The third kappa shape index (κ3) is 2.07. The molecule has 0 bridgehead atoms. The maximum Gasteiger partial charge on any atom is 0.0712 e. The van der Waals surface area contributed by atoms with Crippen molar-refractivity contribution in [3.8, 4) is 11.1 Å². The number of rotatable bonds is 1. The van der Waals surface area contributed by atoms with Gasteiger partial charge in [-0.1, -0.05) is 48.5 Å². The molecule has 0 amide bonds. The van der Waals surface area contributed by atoms with Crippen LogP contribution in [-0.2, 0) is 0 Å². The number of aryl methyl sites for hydroxylation is 1. The van der Waals surface area contributed by atoms with Gasteiger partial charge in [-0.3, -0.25) is 0 Å². The van der Waals surface area contributed by atoms with Crippen molar-refractivity contribution in [3.05, 3.63) is 78.4 Å². The number of aromatic nitrogens is 1. The molecule has 4 aromatic rings. The largest absolute Gasteiger partial charge is 0.248 e. The molecule has 1 heterocycles. The van der Waals surface area contributed by atoms with Gasteiger partial charge in [-0.25, -0.2) is 4.98 Å². The summed E-state index contributed by atoms with van der Waals surface area (Å²) in [4.78, 5) is 4.77. The van der Waals surface area contributed by atoms with Gasteiger partial charge in [0.1, 0.15) is 0 Å². The topological polar surface area (TPSA) is 12.9 Å². The second-order valence-electron chi connectivity index (χ2n) is 5.41. The Morgan fingerprint density at radius 1 is 0.667 bits per heavy atom. The van der Waals surface area contributed by atoms with Crippen molar-refractivity contribution in [3.63, 3.8) is 0 Å². The second kappa shape index (κ2) is 4.71. The molecule has 0 saturated carbocycles. The zero-order valence-electron chi connectivity index (χ0n) is 11.9. The molecule has 0 spiro atoms. The van der Waals surface area contributed by atoms with E-state index in [1.807, 2.05) is 6.07 Å². The van der Waals surface area contributed by atoms with Gasteiger partial charge in [-0.05, 0) is 47.9 Å². The Morgan fingerprint density at radius 3 is 2.29 bits per heavy atom. The van der Waals surface area contributed by atoms with Crippen molar-refractivity contribution in [2.45, 2.75) is 6.92 Å². The standard InChI is InChI=1S/C20H15N/c1-14-11-20-17(12-16-9-5-6-10-19(16)21-20)13-18(14)15-7-3-2-4-8-15/h2-13H,1H3. The van der Waals surface area contributed by atoms with Crippen LogP contribution in [0.25, 0.3) is 32.9 Å². The molecule has 0 aliphatic heterocycles. The Kier molecular flexibility index (Phi) is 2.71. The second-order valence-corrected chi connectivity index (χ2v) is 5.41. The highest BCUT2D eigenvalue weighted by Gasteiger charge is 2.06. The Balaban J connectivity index is 2.02. The van der Waals surface area contributed by atoms with Crippen LogP contribution in [0, 0.1) is 6.92 Å². The lowest BCUT2D eigenvalue weighted by molar-refractivity contribution is 1.44. The van der Waals surface area contributed by atoms with Crippen molar-refractivity contribution in [1.82, 2.24) is 4.98 Å². The van der Waals surface area contributed by atoms with Gasteiger partial charge in [0.25, 0.3) is 0 Å². The van der Waals surface area contributed by atoms with Gasteiger partial charge in [-0.15, -0.1) is 0 Å². The molecule has 1 heteroatoms. The van der Waals surface area contributed by atoms with E-state index in [2.05, 4.69) is 73.7 Å². The van der Waals surface area contributed by atoms with E-state index in [1.54, 1.807) is 0 Å². The van der Waals surface area contributed by atoms with Crippen LogP contribution in [0.4, 0.5) is 0 Å². The summed E-state index contributed by atoms with van der Waals surface area (Å²) < 4.78 is 0. The number of hydrogen-bond donors (Lipinski definition) is 0. The summed E-state index contributed by atoms with van der Waals surface area (Å²) >= 11 is 0. The fourth-order valence-corrected chi connectivity index (χ4v) is 2.86. The number of fused-ring (bicyclic) bond motifs is 2. The number of hydrogen-bond acceptors (Lipinski definition) is 1. The van der Waals surface area contributed by atoms with Crippen LogP contribution in [0.1, 0.15) is 5.56 Å². The van der Waals surface area contributed by atoms with E-state index in [4.69, 9.17) is 4.98 Å². The summed E-state index contributed by atoms with van der Waals surface area (Å²) in [6, 6.07) is 25.5. The van der Waals surface area contributed by atoms with Crippen molar-refractivity contribution in [1.29, 1.82) is 0 Å². The smallest absolute Gasteiger partial charge is 0.0712 e. The van der Waals surface area contributed by atoms with Gasteiger partial charge in [0, 0.05) is 10.8 Å². The molecule has 0 radical (unpaired) electrons. The molecule has 0 aliphatic carbocycles. The average Bonchev–Trinajstić information content (AvgIpc) is 2.53. The van der Waals surface area contributed by atoms with Gasteiger partial charge >= 0.3 is 0 Å². The van der Waals surface area contributed by atoms with Crippen molar-refractivity contribution < 1.29 is 0 Å². The van der Waals surface area contributed by atoms with Gasteiger partial charge in [0.2, 0.25) is 0 Å². The molecule has 0 aliphatic rings. The van der Waals surface area contributed by atoms with Gasteiger partial charge in [0.05, 0.1) is 11.0 Å². The highest BCUT2D eigenvalue weighted by atomic mass is 14.7. The van der Waals surface area contributed by atoms with Gasteiger partial charge in [-0.2, -0.15) is 0 Å². The van der Waals surface area contributed by atoms with E-state index in [0.29, 0.717) is 0 Å². The molecule has 21 heavy (non-hydrogen) atoms. The molecule has 0 N–H and O–H groups in total. The van der Waals surface area contributed by atoms with Crippen LogP contribution in [0.3, 0.4) is 0 Å². The normalized spacial score (nSPS) is 11.1. The molecule has 1 aromatic heterocycles. The minimum absolute atomic E-state index is 1.05. The summed E-state index contributed by atoms with van der Waals surface area (Å²) in [5.74, 6) is 0. The first kappa shape index (κ1) is 12.1. The molecule has 0 saturated heterocycles. The van der Waals surface area contributed by atoms with E-state index in [1.165, 1.54) is 27.5 Å². The van der Waals surface area contributed by atoms with Crippen molar-refractivity contribution >= 4 is 21.8 Å². The monoisotopic (exact) mass is 269 g/mol. The lowest BCUT2D eigenvalue weighted by Crippen LogP contribution is -1.87. The zero-order chi connectivity index (χ0) is 14.2. The number of nitrogens with zero attached hydrogens (tertiary/aromatic N) is 1. The molecule has 4 rings (SSSR count). The highest BCUT2D eigenvalue weighted by Crippen LogP contribution is 2.29. The summed E-state index contributed by atoms with van der Waals surface area (Å²) in [5.41, 5.74) is 5.91. The number of benzene rings is 3.